The first-order valence-corrected chi connectivity index (χ1v) is 9.27. The normalized spacial score (nSPS) is 11.2. The lowest BCUT2D eigenvalue weighted by molar-refractivity contribution is 0.601. The van der Waals surface area contributed by atoms with Crippen molar-refractivity contribution in [2.45, 2.75) is 11.4 Å². The molecule has 0 aliphatic heterocycles. The van der Waals surface area contributed by atoms with Crippen LogP contribution in [0.15, 0.2) is 59.8 Å². The lowest BCUT2D eigenvalue weighted by atomic mass is 10.1. The van der Waals surface area contributed by atoms with Gasteiger partial charge in [0.1, 0.15) is 5.82 Å². The van der Waals surface area contributed by atoms with E-state index in [9.17, 15) is 12.8 Å². The zero-order valence-corrected chi connectivity index (χ0v) is 14.2. The molecule has 3 aromatic rings. The molecular formula is C18H14FN3O2S. The van der Waals surface area contributed by atoms with E-state index in [1.54, 1.807) is 47.4 Å². The van der Waals surface area contributed by atoms with E-state index in [-0.39, 0.29) is 10.5 Å². The predicted octanol–water partition coefficient (Wildman–Crippen LogP) is 3.01. The highest BCUT2D eigenvalue weighted by atomic mass is 32.2. The first-order valence-electron chi connectivity index (χ1n) is 7.38. The minimum absolute atomic E-state index is 0.249. The SMILES string of the molecule is CS(=O)(=O)c1ccc(Cn2cc(-c3cc(F)cc(C#N)c3)cn2)cc1. The molecule has 0 aliphatic carbocycles. The number of halogens is 1. The maximum atomic E-state index is 13.6. The summed E-state index contributed by atoms with van der Waals surface area (Å²) in [6, 6.07) is 12.6. The van der Waals surface area contributed by atoms with Crippen LogP contribution in [0.5, 0.6) is 0 Å². The van der Waals surface area contributed by atoms with Crippen molar-refractivity contribution in [2.75, 3.05) is 6.26 Å². The predicted molar refractivity (Wildman–Crippen MR) is 91.0 cm³/mol. The highest BCUT2D eigenvalue weighted by Crippen LogP contribution is 2.22. The van der Waals surface area contributed by atoms with Crippen molar-refractivity contribution in [3.05, 3.63) is 71.8 Å². The van der Waals surface area contributed by atoms with Crippen LogP contribution in [0.25, 0.3) is 11.1 Å². The molecule has 0 radical (unpaired) electrons. The maximum absolute atomic E-state index is 13.6. The van der Waals surface area contributed by atoms with Gasteiger partial charge in [-0.15, -0.1) is 0 Å². The first-order chi connectivity index (χ1) is 11.8. The molecular weight excluding hydrogens is 341 g/mol. The average molecular weight is 355 g/mol. The molecule has 5 nitrogen and oxygen atoms in total. The molecule has 1 aromatic heterocycles. The maximum Gasteiger partial charge on any atom is 0.175 e. The van der Waals surface area contributed by atoms with Gasteiger partial charge in [0, 0.05) is 18.0 Å². The van der Waals surface area contributed by atoms with Gasteiger partial charge in [0.2, 0.25) is 0 Å². The van der Waals surface area contributed by atoms with Gasteiger partial charge >= 0.3 is 0 Å². The molecule has 2 aromatic carbocycles. The topological polar surface area (TPSA) is 75.8 Å². The van der Waals surface area contributed by atoms with Crippen LogP contribution in [0.4, 0.5) is 4.39 Å². The lowest BCUT2D eigenvalue weighted by Crippen LogP contribution is -2.01. The van der Waals surface area contributed by atoms with Crippen LogP contribution in [-0.4, -0.2) is 24.5 Å². The number of hydrogen-bond acceptors (Lipinski definition) is 4. The summed E-state index contributed by atoms with van der Waals surface area (Å²) in [5.74, 6) is -0.474. The smallest absolute Gasteiger partial charge is 0.175 e. The van der Waals surface area contributed by atoms with E-state index < -0.39 is 15.7 Å². The Morgan fingerprint density at radius 2 is 1.88 bits per heavy atom. The summed E-state index contributed by atoms with van der Waals surface area (Å²) < 4.78 is 38.2. The zero-order valence-electron chi connectivity index (χ0n) is 13.3. The molecule has 3 rings (SSSR count). The fourth-order valence-corrected chi connectivity index (χ4v) is 3.08. The lowest BCUT2D eigenvalue weighted by Gasteiger charge is -2.04. The monoisotopic (exact) mass is 355 g/mol. The second-order valence-corrected chi connectivity index (χ2v) is 7.70. The Morgan fingerprint density at radius 1 is 1.16 bits per heavy atom. The largest absolute Gasteiger partial charge is 0.268 e. The van der Waals surface area contributed by atoms with E-state index in [2.05, 4.69) is 5.10 Å². The van der Waals surface area contributed by atoms with Crippen LogP contribution in [0.1, 0.15) is 11.1 Å². The number of nitriles is 1. The van der Waals surface area contributed by atoms with Crippen LogP contribution in [-0.2, 0) is 16.4 Å². The Hall–Kier alpha value is -2.98. The fraction of sp³-hybridized carbons (Fsp3) is 0.111. The number of rotatable bonds is 4. The molecule has 0 amide bonds. The zero-order chi connectivity index (χ0) is 18.0. The third-order valence-electron chi connectivity index (χ3n) is 3.69. The molecule has 126 valence electrons. The van der Waals surface area contributed by atoms with Crippen LogP contribution < -0.4 is 0 Å². The van der Waals surface area contributed by atoms with Gasteiger partial charge < -0.3 is 0 Å². The second-order valence-electron chi connectivity index (χ2n) is 5.68. The van der Waals surface area contributed by atoms with Gasteiger partial charge in [0.15, 0.2) is 9.84 Å². The molecule has 0 aliphatic rings. The van der Waals surface area contributed by atoms with E-state index in [0.29, 0.717) is 17.7 Å². The van der Waals surface area contributed by atoms with E-state index in [1.165, 1.54) is 12.1 Å². The summed E-state index contributed by atoms with van der Waals surface area (Å²) in [4.78, 5) is 0.265. The Labute approximate surface area is 144 Å². The van der Waals surface area contributed by atoms with Gasteiger partial charge in [-0.25, -0.2) is 12.8 Å². The van der Waals surface area contributed by atoms with E-state index in [1.807, 2.05) is 6.07 Å². The van der Waals surface area contributed by atoms with Crippen LogP contribution in [0.2, 0.25) is 0 Å². The van der Waals surface area contributed by atoms with Crippen LogP contribution in [0.3, 0.4) is 0 Å². The first kappa shape index (κ1) is 16.9. The van der Waals surface area contributed by atoms with Crippen molar-refractivity contribution in [3.63, 3.8) is 0 Å². The molecule has 0 N–H and O–H groups in total. The minimum atomic E-state index is -3.22. The summed E-state index contributed by atoms with van der Waals surface area (Å²) in [6.45, 7) is 0.449. The van der Waals surface area contributed by atoms with E-state index in [0.717, 1.165) is 11.8 Å². The number of nitrogens with zero attached hydrogens (tertiary/aromatic N) is 3. The summed E-state index contributed by atoms with van der Waals surface area (Å²) in [6.07, 6.45) is 4.51. The van der Waals surface area contributed by atoms with Crippen molar-refractivity contribution < 1.29 is 12.8 Å². The molecule has 0 saturated heterocycles. The van der Waals surface area contributed by atoms with Crippen molar-refractivity contribution in [1.82, 2.24) is 9.78 Å². The van der Waals surface area contributed by atoms with Gasteiger partial charge in [-0.1, -0.05) is 12.1 Å². The summed E-state index contributed by atoms with van der Waals surface area (Å²) in [7, 11) is -3.22. The molecule has 0 spiro atoms. The van der Waals surface area contributed by atoms with Gasteiger partial charge in [0.05, 0.1) is 29.3 Å². The van der Waals surface area contributed by atoms with Crippen LogP contribution in [0, 0.1) is 17.1 Å². The number of benzene rings is 2. The summed E-state index contributed by atoms with van der Waals surface area (Å²) in [5, 5.41) is 13.2. The third-order valence-corrected chi connectivity index (χ3v) is 4.82. The molecule has 0 bridgehead atoms. The molecule has 0 saturated carbocycles. The Bertz CT molecular complexity index is 1060. The Morgan fingerprint density at radius 3 is 2.52 bits per heavy atom. The molecule has 0 fully saturated rings. The van der Waals surface area contributed by atoms with Crippen molar-refractivity contribution in [2.24, 2.45) is 0 Å². The quantitative estimate of drug-likeness (QED) is 0.721. The minimum Gasteiger partial charge on any atom is -0.268 e. The Kier molecular flexibility index (Phi) is 4.38. The fourth-order valence-electron chi connectivity index (χ4n) is 2.45. The third kappa shape index (κ3) is 3.92. The molecule has 7 heteroatoms. The molecule has 0 unspecified atom stereocenters. The second kappa shape index (κ2) is 6.49. The van der Waals surface area contributed by atoms with E-state index >= 15 is 0 Å². The van der Waals surface area contributed by atoms with Crippen LogP contribution >= 0.6 is 0 Å². The molecule has 25 heavy (non-hydrogen) atoms. The standard InChI is InChI=1S/C18H14FN3O2S/c1-25(23,24)18-4-2-13(3-5-18)11-22-12-16(10-21-22)15-6-14(9-20)7-17(19)8-15/h2-8,10,12H,11H2,1H3. The molecule has 1 heterocycles. The number of hydrogen-bond donors (Lipinski definition) is 0. The average Bonchev–Trinajstić information content (AvgIpc) is 3.02. The van der Waals surface area contributed by atoms with Crippen molar-refractivity contribution in [3.8, 4) is 17.2 Å². The van der Waals surface area contributed by atoms with Gasteiger partial charge in [-0.3, -0.25) is 4.68 Å². The van der Waals surface area contributed by atoms with Gasteiger partial charge in [-0.2, -0.15) is 10.4 Å². The number of aromatic nitrogens is 2. The van der Waals surface area contributed by atoms with Gasteiger partial charge in [-0.05, 0) is 41.5 Å². The van der Waals surface area contributed by atoms with Crippen molar-refractivity contribution in [1.29, 1.82) is 5.26 Å². The summed E-state index contributed by atoms with van der Waals surface area (Å²) >= 11 is 0. The highest BCUT2D eigenvalue weighted by molar-refractivity contribution is 7.90. The Balaban J connectivity index is 1.83. The van der Waals surface area contributed by atoms with Gasteiger partial charge in [0.25, 0.3) is 0 Å². The molecule has 0 atom stereocenters. The highest BCUT2D eigenvalue weighted by Gasteiger charge is 2.08. The summed E-state index contributed by atoms with van der Waals surface area (Å²) in [5.41, 5.74) is 2.41. The number of sulfone groups is 1. The van der Waals surface area contributed by atoms with Crippen molar-refractivity contribution >= 4 is 9.84 Å². The van der Waals surface area contributed by atoms with E-state index in [4.69, 9.17) is 5.26 Å².